The third-order valence-corrected chi connectivity index (χ3v) is 4.26. The van der Waals surface area contributed by atoms with Crippen LogP contribution in [0.5, 0.6) is 0 Å². The van der Waals surface area contributed by atoms with E-state index in [0.29, 0.717) is 13.0 Å². The van der Waals surface area contributed by atoms with Crippen LogP contribution in [0.25, 0.3) is 0 Å². The molecule has 20 heavy (non-hydrogen) atoms. The van der Waals surface area contributed by atoms with Gasteiger partial charge in [-0.25, -0.2) is 4.79 Å². The minimum atomic E-state index is -1.08. The number of benzene rings is 1. The van der Waals surface area contributed by atoms with Crippen molar-refractivity contribution in [3.05, 3.63) is 35.9 Å². The van der Waals surface area contributed by atoms with Crippen molar-refractivity contribution in [3.63, 3.8) is 0 Å². The Balaban J connectivity index is 2.28. The van der Waals surface area contributed by atoms with Gasteiger partial charge in [-0.1, -0.05) is 50.6 Å². The highest BCUT2D eigenvalue weighted by Crippen LogP contribution is 2.41. The fraction of sp³-hybridized carbons (Fsp3) is 0.500. The molecule has 1 fully saturated rings. The zero-order valence-electron chi connectivity index (χ0n) is 12.0. The van der Waals surface area contributed by atoms with E-state index in [1.54, 1.807) is 11.8 Å². The number of unbranched alkanes of at least 4 members (excludes halogenated alkanes) is 1. The van der Waals surface area contributed by atoms with E-state index >= 15 is 0 Å². The SMILES string of the molecule is CCCCN1C(=O)[C@@H](C)[C@@]1(Cc1ccccc1)C(=O)O. The molecule has 0 saturated carbocycles. The summed E-state index contributed by atoms with van der Waals surface area (Å²) in [6.07, 6.45) is 2.15. The normalized spacial score (nSPS) is 25.4. The van der Waals surface area contributed by atoms with E-state index in [1.165, 1.54) is 0 Å². The van der Waals surface area contributed by atoms with E-state index in [9.17, 15) is 14.7 Å². The number of aliphatic carboxylic acids is 1. The average molecular weight is 275 g/mol. The zero-order chi connectivity index (χ0) is 14.8. The third kappa shape index (κ3) is 2.19. The highest BCUT2D eigenvalue weighted by atomic mass is 16.4. The van der Waals surface area contributed by atoms with Crippen LogP contribution >= 0.6 is 0 Å². The van der Waals surface area contributed by atoms with Gasteiger partial charge in [0, 0.05) is 13.0 Å². The molecule has 1 saturated heterocycles. The summed E-state index contributed by atoms with van der Waals surface area (Å²) in [5.74, 6) is -1.40. The minimum Gasteiger partial charge on any atom is -0.479 e. The minimum absolute atomic E-state index is 0.0446. The molecule has 4 nitrogen and oxygen atoms in total. The Morgan fingerprint density at radius 3 is 2.55 bits per heavy atom. The molecule has 1 N–H and O–H groups in total. The molecular weight excluding hydrogens is 254 g/mol. The molecule has 0 spiro atoms. The van der Waals surface area contributed by atoms with Crippen LogP contribution in [-0.2, 0) is 16.0 Å². The fourth-order valence-electron chi connectivity index (χ4n) is 2.96. The van der Waals surface area contributed by atoms with Gasteiger partial charge < -0.3 is 10.0 Å². The monoisotopic (exact) mass is 275 g/mol. The smallest absolute Gasteiger partial charge is 0.330 e. The van der Waals surface area contributed by atoms with Gasteiger partial charge in [0.15, 0.2) is 5.54 Å². The molecule has 2 rings (SSSR count). The van der Waals surface area contributed by atoms with Gasteiger partial charge in [-0.15, -0.1) is 0 Å². The van der Waals surface area contributed by atoms with Crippen LogP contribution < -0.4 is 0 Å². The first-order valence-electron chi connectivity index (χ1n) is 7.12. The predicted molar refractivity (Wildman–Crippen MR) is 76.3 cm³/mol. The molecule has 0 bridgehead atoms. The number of hydrogen-bond donors (Lipinski definition) is 1. The number of carboxylic acids is 1. The van der Waals surface area contributed by atoms with Crippen LogP contribution in [0.4, 0.5) is 0 Å². The van der Waals surface area contributed by atoms with E-state index in [2.05, 4.69) is 0 Å². The maximum atomic E-state index is 12.0. The summed E-state index contributed by atoms with van der Waals surface area (Å²) in [7, 11) is 0. The van der Waals surface area contributed by atoms with Gasteiger partial charge in [0.25, 0.3) is 0 Å². The second kappa shape index (κ2) is 5.65. The van der Waals surface area contributed by atoms with Crippen molar-refractivity contribution in [2.45, 2.75) is 38.6 Å². The van der Waals surface area contributed by atoms with E-state index in [4.69, 9.17) is 0 Å². The summed E-state index contributed by atoms with van der Waals surface area (Å²) < 4.78 is 0. The molecule has 0 radical (unpaired) electrons. The first kappa shape index (κ1) is 14.6. The Labute approximate surface area is 119 Å². The van der Waals surface area contributed by atoms with Gasteiger partial charge in [0.05, 0.1) is 5.92 Å². The fourth-order valence-corrected chi connectivity index (χ4v) is 2.96. The van der Waals surface area contributed by atoms with Crippen LogP contribution in [0.15, 0.2) is 30.3 Å². The second-order valence-electron chi connectivity index (χ2n) is 5.46. The number of nitrogens with zero attached hydrogens (tertiary/aromatic N) is 1. The van der Waals surface area contributed by atoms with Gasteiger partial charge in [-0.3, -0.25) is 4.79 Å². The highest BCUT2D eigenvalue weighted by molar-refractivity contribution is 6.00. The lowest BCUT2D eigenvalue weighted by molar-refractivity contribution is -0.186. The van der Waals surface area contributed by atoms with Crippen molar-refractivity contribution < 1.29 is 14.7 Å². The molecule has 1 heterocycles. The Bertz CT molecular complexity index is 500. The quantitative estimate of drug-likeness (QED) is 0.811. The van der Waals surface area contributed by atoms with Crippen molar-refractivity contribution in [1.82, 2.24) is 4.90 Å². The van der Waals surface area contributed by atoms with Crippen molar-refractivity contribution in [2.75, 3.05) is 6.54 Å². The number of β-lactam (4-membered cyclic amide) rings is 1. The maximum absolute atomic E-state index is 12.0. The first-order chi connectivity index (χ1) is 9.54. The van der Waals surface area contributed by atoms with Crippen molar-refractivity contribution in [1.29, 1.82) is 0 Å². The van der Waals surface area contributed by atoms with Gasteiger partial charge >= 0.3 is 5.97 Å². The number of rotatable bonds is 6. The van der Waals surface area contributed by atoms with E-state index in [-0.39, 0.29) is 5.91 Å². The Morgan fingerprint density at radius 1 is 1.35 bits per heavy atom. The maximum Gasteiger partial charge on any atom is 0.330 e. The molecule has 1 aliphatic rings. The third-order valence-electron chi connectivity index (χ3n) is 4.26. The van der Waals surface area contributed by atoms with E-state index in [0.717, 1.165) is 18.4 Å². The molecule has 2 atom stereocenters. The topological polar surface area (TPSA) is 57.6 Å². The number of amides is 1. The standard InChI is InChI=1S/C16H21NO3/c1-3-4-10-17-14(18)12(2)16(17,15(19)20)11-13-8-6-5-7-9-13/h5-9,12H,3-4,10-11H2,1-2H3,(H,19,20)/t12-,16+/m1/s1. The highest BCUT2D eigenvalue weighted by Gasteiger charge is 2.62. The summed E-state index contributed by atoms with van der Waals surface area (Å²) in [5, 5.41) is 9.71. The zero-order valence-corrected chi connectivity index (χ0v) is 12.0. The Hall–Kier alpha value is -1.84. The van der Waals surface area contributed by atoms with Crippen molar-refractivity contribution in [3.8, 4) is 0 Å². The van der Waals surface area contributed by atoms with Gasteiger partial charge in [-0.05, 0) is 12.0 Å². The molecule has 108 valence electrons. The summed E-state index contributed by atoms with van der Waals surface area (Å²) in [6.45, 7) is 4.29. The number of carbonyl (C=O) groups is 2. The first-order valence-corrected chi connectivity index (χ1v) is 7.12. The van der Waals surface area contributed by atoms with Crippen LogP contribution in [0.2, 0.25) is 0 Å². The molecule has 1 aromatic rings. The van der Waals surface area contributed by atoms with Crippen molar-refractivity contribution in [2.24, 2.45) is 5.92 Å². The molecule has 1 amide bonds. The summed E-state index contributed by atoms with van der Waals surface area (Å²) in [4.78, 5) is 25.4. The van der Waals surface area contributed by atoms with Gasteiger partial charge in [-0.2, -0.15) is 0 Å². The summed E-state index contributed by atoms with van der Waals surface area (Å²) in [5.41, 5.74) is -0.121. The number of hydrogen-bond acceptors (Lipinski definition) is 2. The number of likely N-dealkylation sites (tertiary alicyclic amines) is 1. The lowest BCUT2D eigenvalue weighted by Crippen LogP contribution is -2.74. The molecule has 1 aromatic carbocycles. The average Bonchev–Trinajstić information content (AvgIpc) is 2.46. The molecule has 0 unspecified atom stereocenters. The number of carboxylic acid groups (broad SMARTS) is 1. The summed E-state index contributed by atoms with van der Waals surface area (Å²) >= 11 is 0. The second-order valence-corrected chi connectivity index (χ2v) is 5.46. The molecule has 0 aromatic heterocycles. The van der Waals surface area contributed by atoms with Crippen LogP contribution in [-0.4, -0.2) is 34.0 Å². The largest absolute Gasteiger partial charge is 0.479 e. The van der Waals surface area contributed by atoms with Gasteiger partial charge in [0.2, 0.25) is 5.91 Å². The lowest BCUT2D eigenvalue weighted by Gasteiger charge is -2.54. The lowest BCUT2D eigenvalue weighted by atomic mass is 9.70. The van der Waals surface area contributed by atoms with Crippen LogP contribution in [0.3, 0.4) is 0 Å². The Kier molecular flexibility index (Phi) is 4.12. The van der Waals surface area contributed by atoms with Crippen molar-refractivity contribution >= 4 is 11.9 Å². The van der Waals surface area contributed by atoms with Crippen LogP contribution in [0.1, 0.15) is 32.3 Å². The van der Waals surface area contributed by atoms with E-state index in [1.807, 2.05) is 37.3 Å². The number of carbonyl (C=O) groups excluding carboxylic acids is 1. The van der Waals surface area contributed by atoms with E-state index < -0.39 is 17.4 Å². The summed E-state index contributed by atoms with van der Waals surface area (Å²) in [6, 6.07) is 9.52. The molecular formula is C16H21NO3. The molecule has 1 aliphatic heterocycles. The van der Waals surface area contributed by atoms with Gasteiger partial charge in [0.1, 0.15) is 0 Å². The Morgan fingerprint density at radius 2 is 2.00 bits per heavy atom. The molecule has 0 aliphatic carbocycles. The predicted octanol–water partition coefficient (Wildman–Crippen LogP) is 2.33. The molecule has 4 heteroatoms. The van der Waals surface area contributed by atoms with Crippen LogP contribution in [0, 0.1) is 5.92 Å².